The summed E-state index contributed by atoms with van der Waals surface area (Å²) in [5.74, 6) is -3.01. The Morgan fingerprint density at radius 1 is 1.19 bits per heavy atom. The fourth-order valence-corrected chi connectivity index (χ4v) is 3.02. The third-order valence-electron chi connectivity index (χ3n) is 4.54. The largest absolute Gasteiger partial charge is 0.480 e. The van der Waals surface area contributed by atoms with Gasteiger partial charge in [-0.1, -0.05) is 45.1 Å². The van der Waals surface area contributed by atoms with Crippen LogP contribution in [0.1, 0.15) is 59.3 Å². The van der Waals surface area contributed by atoms with Crippen LogP contribution >= 0.6 is 0 Å². The van der Waals surface area contributed by atoms with E-state index in [1.807, 2.05) is 0 Å². The van der Waals surface area contributed by atoms with Crippen molar-refractivity contribution in [3.63, 3.8) is 0 Å². The number of carboxylic acid groups (broad SMARTS) is 1. The van der Waals surface area contributed by atoms with E-state index >= 15 is 0 Å². The van der Waals surface area contributed by atoms with Gasteiger partial charge in [0.1, 0.15) is 6.04 Å². The number of hydroxylamine groups is 2. The van der Waals surface area contributed by atoms with Crippen LogP contribution in [0.5, 0.6) is 0 Å². The van der Waals surface area contributed by atoms with Crippen LogP contribution in [0.2, 0.25) is 0 Å². The van der Waals surface area contributed by atoms with Gasteiger partial charge in [-0.3, -0.25) is 5.41 Å². The topological polar surface area (TPSA) is 120 Å². The summed E-state index contributed by atoms with van der Waals surface area (Å²) >= 11 is 0. The average Bonchev–Trinajstić information content (AvgIpc) is 2.63. The third kappa shape index (κ3) is 6.41. The maximum absolute atomic E-state index is 12.3. The van der Waals surface area contributed by atoms with E-state index < -0.39 is 36.0 Å². The lowest BCUT2D eigenvalue weighted by atomic mass is 9.83. The number of likely N-dealkylation sites (N-methyl/N-ethyl adjacent to an activating group) is 1. The predicted octanol–water partition coefficient (Wildman–Crippen LogP) is 2.85. The second kappa shape index (κ2) is 10.7. The Bertz CT molecular complexity index is 545. The summed E-state index contributed by atoms with van der Waals surface area (Å²) in [5, 5.41) is 18.4. The van der Waals surface area contributed by atoms with Crippen molar-refractivity contribution in [2.24, 2.45) is 11.8 Å². The Morgan fingerprint density at radius 2 is 1.78 bits per heavy atom. The highest BCUT2D eigenvalue weighted by Gasteiger charge is 2.38. The quantitative estimate of drug-likeness (QED) is 0.410. The molecule has 9 nitrogen and oxygen atoms in total. The number of carbonyl (C=O) groups excluding carboxylic acids is 2. The zero-order chi connectivity index (χ0) is 20.6. The van der Waals surface area contributed by atoms with E-state index in [4.69, 9.17) is 15.0 Å². The molecule has 154 valence electrons. The smallest absolute Gasteiger partial charge is 0.451 e. The molecule has 1 aliphatic carbocycles. The van der Waals surface area contributed by atoms with Gasteiger partial charge < -0.3 is 19.6 Å². The standard InChI is InChI=1S/C18H31N3O6/c1-5-11-26-18(25)21(27-16(24)12(2)3)17(19)20(4)14(15(22)23)13-9-7-6-8-10-13/h12-14,19H,5-11H2,1-4H3,(H,22,23). The molecule has 0 aliphatic heterocycles. The van der Waals surface area contributed by atoms with Gasteiger partial charge in [0.25, 0.3) is 0 Å². The van der Waals surface area contributed by atoms with Crippen LogP contribution in [0, 0.1) is 17.2 Å². The Balaban J connectivity index is 3.02. The molecule has 1 atom stereocenters. The molecule has 0 aromatic rings. The van der Waals surface area contributed by atoms with Crippen molar-refractivity contribution in [2.45, 2.75) is 65.3 Å². The summed E-state index contributed by atoms with van der Waals surface area (Å²) in [6.45, 7) is 5.08. The molecule has 1 unspecified atom stereocenters. The molecule has 0 bridgehead atoms. The van der Waals surface area contributed by atoms with E-state index in [0.29, 0.717) is 11.5 Å². The van der Waals surface area contributed by atoms with E-state index in [0.717, 1.165) is 32.1 Å². The van der Waals surface area contributed by atoms with Gasteiger partial charge in [-0.05, 0) is 25.2 Å². The molecule has 1 aliphatic rings. The van der Waals surface area contributed by atoms with Crippen LogP contribution in [-0.4, -0.2) is 58.8 Å². The number of hydrogen-bond donors (Lipinski definition) is 2. The van der Waals surface area contributed by atoms with Gasteiger partial charge in [0.05, 0.1) is 12.5 Å². The monoisotopic (exact) mass is 385 g/mol. The number of aliphatic carboxylic acids is 1. The first-order chi connectivity index (χ1) is 12.7. The van der Waals surface area contributed by atoms with Gasteiger partial charge in [0, 0.05) is 7.05 Å². The van der Waals surface area contributed by atoms with Crippen LogP contribution in [0.15, 0.2) is 0 Å². The molecule has 2 N–H and O–H groups in total. The number of guanidine groups is 1. The normalized spacial score (nSPS) is 15.7. The zero-order valence-electron chi connectivity index (χ0n) is 16.6. The number of nitrogens with zero attached hydrogens (tertiary/aromatic N) is 2. The number of ether oxygens (including phenoxy) is 1. The predicted molar refractivity (Wildman–Crippen MR) is 97.9 cm³/mol. The molecule has 1 fully saturated rings. The van der Waals surface area contributed by atoms with Crippen molar-refractivity contribution in [1.82, 2.24) is 9.96 Å². The second-order valence-electron chi connectivity index (χ2n) is 7.09. The molecule has 1 rings (SSSR count). The van der Waals surface area contributed by atoms with E-state index in [2.05, 4.69) is 0 Å². The Hall–Kier alpha value is -2.32. The summed E-state index contributed by atoms with van der Waals surface area (Å²) in [7, 11) is 1.42. The molecule has 1 amide bonds. The lowest BCUT2D eigenvalue weighted by Crippen LogP contribution is -2.54. The van der Waals surface area contributed by atoms with Crippen LogP contribution in [0.3, 0.4) is 0 Å². The summed E-state index contributed by atoms with van der Waals surface area (Å²) in [5.41, 5.74) is 0. The van der Waals surface area contributed by atoms with Crippen molar-refractivity contribution in [1.29, 1.82) is 5.41 Å². The van der Waals surface area contributed by atoms with Crippen LogP contribution < -0.4 is 0 Å². The van der Waals surface area contributed by atoms with Gasteiger partial charge in [-0.25, -0.2) is 14.4 Å². The van der Waals surface area contributed by atoms with Gasteiger partial charge in [-0.2, -0.15) is 0 Å². The average molecular weight is 385 g/mol. The van der Waals surface area contributed by atoms with E-state index in [-0.39, 0.29) is 12.5 Å². The molecule has 9 heteroatoms. The second-order valence-corrected chi connectivity index (χ2v) is 7.09. The third-order valence-corrected chi connectivity index (χ3v) is 4.54. The Morgan fingerprint density at radius 3 is 2.26 bits per heavy atom. The first-order valence-electron chi connectivity index (χ1n) is 9.43. The first kappa shape index (κ1) is 22.7. The zero-order valence-corrected chi connectivity index (χ0v) is 16.6. The molecule has 27 heavy (non-hydrogen) atoms. The lowest BCUT2D eigenvalue weighted by Gasteiger charge is -2.36. The van der Waals surface area contributed by atoms with Crippen LogP contribution in [0.25, 0.3) is 0 Å². The summed E-state index contributed by atoms with van der Waals surface area (Å²) < 4.78 is 4.99. The number of hydrogen-bond acceptors (Lipinski definition) is 6. The van der Waals surface area contributed by atoms with Crippen molar-refractivity contribution in [2.75, 3.05) is 13.7 Å². The summed E-state index contributed by atoms with van der Waals surface area (Å²) in [6, 6.07) is -0.989. The molecule has 0 aromatic heterocycles. The molecule has 0 heterocycles. The minimum Gasteiger partial charge on any atom is -0.480 e. The maximum Gasteiger partial charge on any atom is 0.451 e. The number of carbonyl (C=O) groups is 3. The SMILES string of the molecule is CCCOC(=O)N(OC(=O)C(C)C)C(=N)N(C)C(C(=O)O)C1CCCCC1. The van der Waals surface area contributed by atoms with Crippen molar-refractivity contribution >= 4 is 24.0 Å². The van der Waals surface area contributed by atoms with E-state index in [1.165, 1.54) is 11.9 Å². The van der Waals surface area contributed by atoms with Crippen LogP contribution in [-0.2, 0) is 19.2 Å². The van der Waals surface area contributed by atoms with E-state index in [9.17, 15) is 19.5 Å². The number of rotatable bonds is 6. The fraction of sp³-hybridized carbons (Fsp3) is 0.778. The maximum atomic E-state index is 12.3. The molecule has 0 spiro atoms. The van der Waals surface area contributed by atoms with Crippen LogP contribution in [0.4, 0.5) is 4.79 Å². The van der Waals surface area contributed by atoms with E-state index in [1.54, 1.807) is 20.8 Å². The minimum absolute atomic E-state index is 0.0938. The lowest BCUT2D eigenvalue weighted by molar-refractivity contribution is -0.174. The van der Waals surface area contributed by atoms with Gasteiger partial charge in [0.2, 0.25) is 5.96 Å². The highest BCUT2D eigenvalue weighted by atomic mass is 16.8. The number of carboxylic acids is 1. The molecular formula is C18H31N3O6. The minimum atomic E-state index is -1.08. The van der Waals surface area contributed by atoms with Crippen molar-refractivity contribution < 1.29 is 29.1 Å². The Labute approximate surface area is 160 Å². The summed E-state index contributed by atoms with van der Waals surface area (Å²) in [6.07, 6.45) is 3.93. The van der Waals surface area contributed by atoms with Gasteiger partial charge in [0.15, 0.2) is 0 Å². The first-order valence-corrected chi connectivity index (χ1v) is 9.43. The molecule has 0 radical (unpaired) electrons. The molecule has 1 saturated carbocycles. The fourth-order valence-electron chi connectivity index (χ4n) is 3.02. The Kier molecular flexibility index (Phi) is 9.04. The highest BCUT2D eigenvalue weighted by Crippen LogP contribution is 2.29. The van der Waals surface area contributed by atoms with Crippen molar-refractivity contribution in [3.05, 3.63) is 0 Å². The summed E-state index contributed by atoms with van der Waals surface area (Å²) in [4.78, 5) is 42.3. The number of nitrogens with one attached hydrogen (secondary N) is 1. The molecule has 0 saturated heterocycles. The number of amides is 1. The molecule has 0 aromatic carbocycles. The van der Waals surface area contributed by atoms with Crippen molar-refractivity contribution in [3.8, 4) is 0 Å². The van der Waals surface area contributed by atoms with Gasteiger partial charge >= 0.3 is 18.0 Å². The molecular weight excluding hydrogens is 354 g/mol. The highest BCUT2D eigenvalue weighted by molar-refractivity contribution is 5.94. The van der Waals surface area contributed by atoms with Gasteiger partial charge in [-0.15, -0.1) is 0 Å².